The number of halogens is 1. The molecule has 1 atom stereocenters. The van der Waals surface area contributed by atoms with Crippen molar-refractivity contribution in [1.29, 1.82) is 0 Å². The Labute approximate surface area is 117 Å². The van der Waals surface area contributed by atoms with E-state index in [4.69, 9.17) is 17.4 Å². The van der Waals surface area contributed by atoms with Gasteiger partial charge < -0.3 is 4.90 Å². The Morgan fingerprint density at radius 3 is 2.74 bits per heavy atom. The molecule has 1 amide bonds. The lowest BCUT2D eigenvalue weighted by Gasteiger charge is -2.36. The lowest BCUT2D eigenvalue weighted by atomic mass is 10.1. The van der Waals surface area contributed by atoms with Crippen molar-refractivity contribution in [3.05, 3.63) is 29.0 Å². The summed E-state index contributed by atoms with van der Waals surface area (Å²) >= 11 is 6.15. The van der Waals surface area contributed by atoms with Crippen molar-refractivity contribution in [3.8, 4) is 0 Å². The van der Waals surface area contributed by atoms with Gasteiger partial charge in [0.2, 0.25) is 0 Å². The van der Waals surface area contributed by atoms with E-state index in [-0.39, 0.29) is 5.91 Å². The predicted octanol–water partition coefficient (Wildman–Crippen LogP) is 0.0134. The van der Waals surface area contributed by atoms with Crippen LogP contribution in [0.4, 0.5) is 0 Å². The second kappa shape index (κ2) is 6.29. The molecule has 1 saturated heterocycles. The highest BCUT2D eigenvalue weighted by atomic mass is 35.5. The molecule has 0 aromatic carbocycles. The highest BCUT2D eigenvalue weighted by molar-refractivity contribution is 6.31. The molecule has 1 aromatic rings. The molecule has 0 spiro atoms. The van der Waals surface area contributed by atoms with Gasteiger partial charge in [-0.3, -0.25) is 20.1 Å². The maximum Gasteiger partial charge on any atom is 0.257 e. The molecule has 3 N–H and O–H groups in total. The van der Waals surface area contributed by atoms with Gasteiger partial charge in [-0.25, -0.2) is 5.84 Å². The maximum absolute atomic E-state index is 12.1. The van der Waals surface area contributed by atoms with Crippen LogP contribution >= 0.6 is 11.6 Å². The Morgan fingerprint density at radius 2 is 2.16 bits per heavy atom. The standard InChI is InChI=1S/C12H18ClN5O/c1-17-5-7-18(8-6-17)11(12(19)16-14)10-9(13)3-2-4-15-10/h2-4,11H,5-8,14H2,1H3,(H,16,19). The van der Waals surface area contributed by atoms with Crippen LogP contribution in [0.3, 0.4) is 0 Å². The van der Waals surface area contributed by atoms with Crippen molar-refractivity contribution >= 4 is 17.5 Å². The number of carbonyl (C=O) groups is 1. The van der Waals surface area contributed by atoms with E-state index in [0.29, 0.717) is 10.7 Å². The first kappa shape index (κ1) is 14.2. The summed E-state index contributed by atoms with van der Waals surface area (Å²) in [5, 5.41) is 0.482. The molecule has 1 aromatic heterocycles. The number of nitrogens with zero attached hydrogens (tertiary/aromatic N) is 3. The largest absolute Gasteiger partial charge is 0.304 e. The third kappa shape index (κ3) is 3.22. The van der Waals surface area contributed by atoms with Crippen LogP contribution in [0.1, 0.15) is 11.7 Å². The number of hydrazine groups is 1. The highest BCUT2D eigenvalue weighted by Gasteiger charge is 2.31. The zero-order valence-corrected chi connectivity index (χ0v) is 11.6. The minimum atomic E-state index is -0.535. The number of nitrogens with two attached hydrogens (primary N) is 1. The third-order valence-electron chi connectivity index (χ3n) is 3.34. The molecule has 1 aliphatic rings. The van der Waals surface area contributed by atoms with E-state index < -0.39 is 6.04 Å². The van der Waals surface area contributed by atoms with Crippen molar-refractivity contribution in [2.45, 2.75) is 6.04 Å². The fourth-order valence-electron chi connectivity index (χ4n) is 2.22. The number of amides is 1. The van der Waals surface area contributed by atoms with Crippen molar-refractivity contribution in [1.82, 2.24) is 20.2 Å². The average molecular weight is 284 g/mol. The Balaban J connectivity index is 2.26. The Bertz CT molecular complexity index is 448. The Hall–Kier alpha value is -1.21. The molecule has 19 heavy (non-hydrogen) atoms. The van der Waals surface area contributed by atoms with E-state index in [2.05, 4.69) is 27.3 Å². The first-order valence-corrected chi connectivity index (χ1v) is 6.54. The van der Waals surface area contributed by atoms with Crippen LogP contribution in [0.2, 0.25) is 5.02 Å². The number of hydrogen-bond donors (Lipinski definition) is 2. The fraction of sp³-hybridized carbons (Fsp3) is 0.500. The van der Waals surface area contributed by atoms with Gasteiger partial charge >= 0.3 is 0 Å². The van der Waals surface area contributed by atoms with E-state index in [0.717, 1.165) is 26.2 Å². The molecular weight excluding hydrogens is 266 g/mol. The molecule has 7 heteroatoms. The van der Waals surface area contributed by atoms with E-state index in [1.807, 2.05) is 0 Å². The second-order valence-corrected chi connectivity index (χ2v) is 5.03. The molecule has 6 nitrogen and oxygen atoms in total. The van der Waals surface area contributed by atoms with Gasteiger partial charge in [0.05, 0.1) is 10.7 Å². The highest BCUT2D eigenvalue weighted by Crippen LogP contribution is 2.26. The molecule has 0 aliphatic carbocycles. The minimum absolute atomic E-state index is 0.287. The van der Waals surface area contributed by atoms with Crippen molar-refractivity contribution in [2.75, 3.05) is 33.2 Å². The fourth-order valence-corrected chi connectivity index (χ4v) is 2.45. The topological polar surface area (TPSA) is 74.5 Å². The van der Waals surface area contributed by atoms with Crippen molar-refractivity contribution in [2.24, 2.45) is 5.84 Å². The normalized spacial score (nSPS) is 19.1. The number of aromatic nitrogens is 1. The van der Waals surface area contributed by atoms with E-state index >= 15 is 0 Å². The van der Waals surface area contributed by atoms with E-state index in [1.54, 1.807) is 18.3 Å². The van der Waals surface area contributed by atoms with E-state index in [1.165, 1.54) is 0 Å². The van der Waals surface area contributed by atoms with E-state index in [9.17, 15) is 4.79 Å². The summed E-state index contributed by atoms with van der Waals surface area (Å²) in [6.45, 7) is 3.36. The number of piperazine rings is 1. The summed E-state index contributed by atoms with van der Waals surface area (Å²) in [4.78, 5) is 20.6. The summed E-state index contributed by atoms with van der Waals surface area (Å²) in [6.07, 6.45) is 1.63. The van der Waals surface area contributed by atoms with Crippen LogP contribution in [0.25, 0.3) is 0 Å². The first-order chi connectivity index (χ1) is 9.13. The lowest BCUT2D eigenvalue weighted by Crippen LogP contribution is -2.51. The molecule has 2 rings (SSSR count). The number of rotatable bonds is 3. The van der Waals surface area contributed by atoms with Crippen LogP contribution in [0, 0.1) is 0 Å². The number of hydrogen-bond acceptors (Lipinski definition) is 5. The summed E-state index contributed by atoms with van der Waals surface area (Å²) in [6, 6.07) is 2.94. The summed E-state index contributed by atoms with van der Waals surface area (Å²) in [5.41, 5.74) is 2.76. The minimum Gasteiger partial charge on any atom is -0.304 e. The van der Waals surface area contributed by atoms with Crippen molar-refractivity contribution in [3.63, 3.8) is 0 Å². The number of carbonyl (C=O) groups excluding carboxylic acids is 1. The number of nitrogens with one attached hydrogen (secondary N) is 1. The smallest absolute Gasteiger partial charge is 0.257 e. The summed E-state index contributed by atoms with van der Waals surface area (Å²) < 4.78 is 0. The van der Waals surface area contributed by atoms with Crippen LogP contribution in [0.15, 0.2) is 18.3 Å². The van der Waals surface area contributed by atoms with Gasteiger partial charge in [0, 0.05) is 32.4 Å². The van der Waals surface area contributed by atoms with Gasteiger partial charge in [-0.05, 0) is 19.2 Å². The molecule has 0 saturated carbocycles. The van der Waals surface area contributed by atoms with Crippen LogP contribution in [-0.2, 0) is 4.79 Å². The summed E-state index contributed by atoms with van der Waals surface area (Å²) in [7, 11) is 2.06. The van der Waals surface area contributed by atoms with Crippen LogP contribution < -0.4 is 11.3 Å². The molecule has 0 radical (unpaired) electrons. The zero-order chi connectivity index (χ0) is 13.8. The monoisotopic (exact) mass is 283 g/mol. The molecule has 2 heterocycles. The zero-order valence-electron chi connectivity index (χ0n) is 10.8. The lowest BCUT2D eigenvalue weighted by molar-refractivity contribution is -0.127. The third-order valence-corrected chi connectivity index (χ3v) is 3.66. The van der Waals surface area contributed by atoms with Gasteiger partial charge in [-0.1, -0.05) is 11.6 Å². The summed E-state index contributed by atoms with van der Waals surface area (Å²) in [5.74, 6) is 5.00. The molecule has 1 aliphatic heterocycles. The maximum atomic E-state index is 12.1. The van der Waals surface area contributed by atoms with Gasteiger partial charge in [-0.15, -0.1) is 0 Å². The number of pyridine rings is 1. The quantitative estimate of drug-likeness (QED) is 0.464. The van der Waals surface area contributed by atoms with Crippen molar-refractivity contribution < 1.29 is 4.79 Å². The Morgan fingerprint density at radius 1 is 1.47 bits per heavy atom. The number of likely N-dealkylation sites (N-methyl/N-ethyl adjacent to an activating group) is 1. The molecule has 0 bridgehead atoms. The van der Waals surface area contributed by atoms with Crippen LogP contribution in [0.5, 0.6) is 0 Å². The van der Waals surface area contributed by atoms with Crippen LogP contribution in [-0.4, -0.2) is 53.9 Å². The first-order valence-electron chi connectivity index (χ1n) is 6.17. The van der Waals surface area contributed by atoms with Gasteiger partial charge in [0.25, 0.3) is 5.91 Å². The second-order valence-electron chi connectivity index (χ2n) is 4.62. The molecule has 1 fully saturated rings. The Kier molecular flexibility index (Phi) is 4.71. The molecule has 104 valence electrons. The predicted molar refractivity (Wildman–Crippen MR) is 73.4 cm³/mol. The molecule has 1 unspecified atom stereocenters. The van der Waals surface area contributed by atoms with Gasteiger partial charge in [0.1, 0.15) is 6.04 Å². The molecular formula is C12H18ClN5O. The van der Waals surface area contributed by atoms with Gasteiger partial charge in [-0.2, -0.15) is 0 Å². The SMILES string of the molecule is CN1CCN(C(C(=O)NN)c2ncccc2Cl)CC1. The van der Waals surface area contributed by atoms with Gasteiger partial charge in [0.15, 0.2) is 0 Å². The average Bonchev–Trinajstić information content (AvgIpc) is 2.43.